The highest BCUT2D eigenvalue weighted by Crippen LogP contribution is 2.27. The van der Waals surface area contributed by atoms with Gasteiger partial charge in [0, 0.05) is 16.2 Å². The van der Waals surface area contributed by atoms with E-state index >= 15 is 0 Å². The standard InChI is InChI=1S/C16H13IN2O/c1-18-16-19-15-12(13(17)9-10-14(15)20-16)8-7-11-5-3-2-4-6-11/h2-10H,1H3,(H,18,19). The fraction of sp³-hybridized carbons (Fsp3) is 0.0625. The molecule has 2 aromatic carbocycles. The molecule has 0 fully saturated rings. The van der Waals surface area contributed by atoms with Crippen molar-refractivity contribution in [2.45, 2.75) is 0 Å². The lowest BCUT2D eigenvalue weighted by Crippen LogP contribution is -1.87. The SMILES string of the molecule is CNc1nc2c(C=Cc3ccccc3)c(I)ccc2o1. The Hall–Kier alpha value is -1.82. The molecule has 0 aliphatic carbocycles. The Bertz CT molecular complexity index is 763. The van der Waals surface area contributed by atoms with Gasteiger partial charge in [0.25, 0.3) is 6.01 Å². The minimum absolute atomic E-state index is 0.538. The highest BCUT2D eigenvalue weighted by Gasteiger charge is 2.10. The van der Waals surface area contributed by atoms with Crippen LogP contribution in [0.3, 0.4) is 0 Å². The molecule has 3 aromatic rings. The van der Waals surface area contributed by atoms with Gasteiger partial charge in [-0.15, -0.1) is 0 Å². The van der Waals surface area contributed by atoms with Crippen LogP contribution in [0.15, 0.2) is 46.9 Å². The average Bonchev–Trinajstić information content (AvgIpc) is 2.91. The van der Waals surface area contributed by atoms with Gasteiger partial charge in [-0.05, 0) is 40.3 Å². The lowest BCUT2D eigenvalue weighted by Gasteiger charge is -1.99. The van der Waals surface area contributed by atoms with Crippen LogP contribution in [0.2, 0.25) is 0 Å². The number of halogens is 1. The summed E-state index contributed by atoms with van der Waals surface area (Å²) in [5.74, 6) is 0. The molecule has 0 unspecified atom stereocenters. The monoisotopic (exact) mass is 376 g/mol. The Balaban J connectivity index is 2.08. The van der Waals surface area contributed by atoms with Gasteiger partial charge in [-0.3, -0.25) is 0 Å². The summed E-state index contributed by atoms with van der Waals surface area (Å²) in [5, 5.41) is 2.93. The zero-order valence-electron chi connectivity index (χ0n) is 10.9. The zero-order chi connectivity index (χ0) is 13.9. The summed E-state index contributed by atoms with van der Waals surface area (Å²) >= 11 is 2.32. The lowest BCUT2D eigenvalue weighted by atomic mass is 10.1. The third-order valence-electron chi connectivity index (χ3n) is 3.00. The first-order valence-electron chi connectivity index (χ1n) is 6.28. The predicted octanol–water partition coefficient (Wildman–Crippen LogP) is 4.64. The summed E-state index contributed by atoms with van der Waals surface area (Å²) in [6, 6.07) is 14.7. The lowest BCUT2D eigenvalue weighted by molar-refractivity contribution is 0.620. The van der Waals surface area contributed by atoms with E-state index in [1.54, 1.807) is 7.05 Å². The van der Waals surface area contributed by atoms with Crippen LogP contribution in [0.4, 0.5) is 6.01 Å². The van der Waals surface area contributed by atoms with Crippen LogP contribution in [0, 0.1) is 3.57 Å². The molecule has 0 spiro atoms. The number of aromatic nitrogens is 1. The van der Waals surface area contributed by atoms with E-state index in [2.05, 4.69) is 57.2 Å². The summed E-state index contributed by atoms with van der Waals surface area (Å²) in [6.07, 6.45) is 4.17. The van der Waals surface area contributed by atoms with Gasteiger partial charge in [-0.1, -0.05) is 42.5 Å². The van der Waals surface area contributed by atoms with Crippen LogP contribution >= 0.6 is 22.6 Å². The molecule has 3 nitrogen and oxygen atoms in total. The maximum Gasteiger partial charge on any atom is 0.295 e. The third kappa shape index (κ3) is 2.56. The molecule has 0 saturated carbocycles. The van der Waals surface area contributed by atoms with Crippen molar-refractivity contribution in [2.75, 3.05) is 12.4 Å². The quantitative estimate of drug-likeness (QED) is 0.535. The van der Waals surface area contributed by atoms with Gasteiger partial charge in [0.05, 0.1) is 0 Å². The van der Waals surface area contributed by atoms with E-state index in [0.717, 1.165) is 25.8 Å². The van der Waals surface area contributed by atoms with E-state index in [4.69, 9.17) is 4.42 Å². The highest BCUT2D eigenvalue weighted by molar-refractivity contribution is 14.1. The van der Waals surface area contributed by atoms with E-state index in [1.165, 1.54) is 0 Å². The van der Waals surface area contributed by atoms with Crippen molar-refractivity contribution in [1.29, 1.82) is 0 Å². The fourth-order valence-electron chi connectivity index (χ4n) is 2.00. The number of oxazole rings is 1. The number of nitrogens with one attached hydrogen (secondary N) is 1. The Morgan fingerprint density at radius 1 is 1.10 bits per heavy atom. The normalized spacial score (nSPS) is 11.3. The molecule has 0 aliphatic heterocycles. The molecule has 3 rings (SSSR count). The number of rotatable bonds is 3. The summed E-state index contributed by atoms with van der Waals surface area (Å²) in [6.45, 7) is 0. The zero-order valence-corrected chi connectivity index (χ0v) is 13.1. The van der Waals surface area contributed by atoms with Gasteiger partial charge in [0.1, 0.15) is 5.52 Å². The van der Waals surface area contributed by atoms with Crippen LogP contribution in [0.25, 0.3) is 23.3 Å². The molecule has 0 saturated heterocycles. The smallest absolute Gasteiger partial charge is 0.295 e. The molecular weight excluding hydrogens is 363 g/mol. The molecule has 0 amide bonds. The molecule has 1 N–H and O–H groups in total. The first kappa shape index (κ1) is 13.2. The topological polar surface area (TPSA) is 38.1 Å². The van der Waals surface area contributed by atoms with E-state index in [-0.39, 0.29) is 0 Å². The summed E-state index contributed by atoms with van der Waals surface area (Å²) < 4.78 is 6.76. The van der Waals surface area contributed by atoms with Gasteiger partial charge in [-0.25, -0.2) is 0 Å². The molecule has 0 aliphatic rings. The molecule has 20 heavy (non-hydrogen) atoms. The van der Waals surface area contributed by atoms with Crippen molar-refractivity contribution in [3.8, 4) is 0 Å². The maximum atomic E-state index is 5.61. The van der Waals surface area contributed by atoms with E-state index < -0.39 is 0 Å². The first-order valence-corrected chi connectivity index (χ1v) is 7.36. The number of hydrogen-bond donors (Lipinski definition) is 1. The van der Waals surface area contributed by atoms with Gasteiger partial charge >= 0.3 is 0 Å². The Morgan fingerprint density at radius 3 is 2.65 bits per heavy atom. The Kier molecular flexibility index (Phi) is 3.73. The number of benzene rings is 2. The molecule has 4 heteroatoms. The number of anilines is 1. The average molecular weight is 376 g/mol. The number of nitrogens with zero attached hydrogens (tertiary/aromatic N) is 1. The van der Waals surface area contributed by atoms with Crippen molar-refractivity contribution in [1.82, 2.24) is 4.98 Å². The molecule has 0 atom stereocenters. The second kappa shape index (κ2) is 5.66. The predicted molar refractivity (Wildman–Crippen MR) is 91.6 cm³/mol. The molecule has 100 valence electrons. The second-order valence-corrected chi connectivity index (χ2v) is 5.48. The first-order chi connectivity index (χ1) is 9.78. The van der Waals surface area contributed by atoms with Crippen molar-refractivity contribution in [3.63, 3.8) is 0 Å². The molecule has 0 radical (unpaired) electrons. The number of hydrogen-bond acceptors (Lipinski definition) is 3. The van der Waals surface area contributed by atoms with Gasteiger partial charge in [0.15, 0.2) is 5.58 Å². The minimum Gasteiger partial charge on any atom is -0.424 e. The van der Waals surface area contributed by atoms with Crippen molar-refractivity contribution < 1.29 is 4.42 Å². The minimum atomic E-state index is 0.538. The van der Waals surface area contributed by atoms with E-state index in [0.29, 0.717) is 6.01 Å². The largest absolute Gasteiger partial charge is 0.424 e. The van der Waals surface area contributed by atoms with Crippen LogP contribution in [-0.2, 0) is 0 Å². The summed E-state index contributed by atoms with van der Waals surface area (Å²) in [4.78, 5) is 4.47. The summed E-state index contributed by atoms with van der Waals surface area (Å²) in [7, 11) is 1.80. The Labute approximate surface area is 130 Å². The summed E-state index contributed by atoms with van der Waals surface area (Å²) in [5.41, 5.74) is 3.92. The van der Waals surface area contributed by atoms with Crippen LogP contribution in [0.5, 0.6) is 0 Å². The molecule has 1 heterocycles. The fourth-order valence-corrected chi connectivity index (χ4v) is 2.61. The third-order valence-corrected chi connectivity index (χ3v) is 3.94. The Morgan fingerprint density at radius 2 is 1.90 bits per heavy atom. The van der Waals surface area contributed by atoms with Crippen LogP contribution < -0.4 is 5.32 Å². The number of fused-ring (bicyclic) bond motifs is 1. The maximum absolute atomic E-state index is 5.61. The second-order valence-electron chi connectivity index (χ2n) is 4.32. The van der Waals surface area contributed by atoms with E-state index in [9.17, 15) is 0 Å². The van der Waals surface area contributed by atoms with Gasteiger partial charge in [-0.2, -0.15) is 4.98 Å². The van der Waals surface area contributed by atoms with Crippen LogP contribution in [0.1, 0.15) is 11.1 Å². The van der Waals surface area contributed by atoms with E-state index in [1.807, 2.05) is 30.3 Å². The van der Waals surface area contributed by atoms with Gasteiger partial charge in [0.2, 0.25) is 0 Å². The highest BCUT2D eigenvalue weighted by atomic mass is 127. The van der Waals surface area contributed by atoms with Crippen molar-refractivity contribution in [3.05, 3.63) is 57.2 Å². The van der Waals surface area contributed by atoms with Gasteiger partial charge < -0.3 is 9.73 Å². The molecule has 0 bridgehead atoms. The van der Waals surface area contributed by atoms with Crippen molar-refractivity contribution in [2.24, 2.45) is 0 Å². The van der Waals surface area contributed by atoms with Crippen molar-refractivity contribution >= 4 is 51.9 Å². The molecule has 1 aromatic heterocycles. The van der Waals surface area contributed by atoms with Crippen LogP contribution in [-0.4, -0.2) is 12.0 Å². The molecular formula is C16H13IN2O.